The Balaban J connectivity index is 2.92. The van der Waals surface area contributed by atoms with Gasteiger partial charge in [0, 0.05) is 6.42 Å². The lowest BCUT2D eigenvalue weighted by Crippen LogP contribution is -2.30. The molecule has 1 aromatic rings. The number of nitriles is 1. The maximum absolute atomic E-state index is 12.9. The predicted molar refractivity (Wildman–Crippen MR) is 48.9 cm³/mol. The molecule has 0 aliphatic carbocycles. The molecule has 0 bridgehead atoms. The number of rotatable bonds is 3. The van der Waals surface area contributed by atoms with Crippen molar-refractivity contribution in [2.24, 2.45) is 5.73 Å². The number of hydrogen-bond acceptors (Lipinski definition) is 2. The molecule has 14 heavy (non-hydrogen) atoms. The third-order valence-corrected chi connectivity index (χ3v) is 1.89. The summed E-state index contributed by atoms with van der Waals surface area (Å²) in [6.07, 6.45) is -0.479. The summed E-state index contributed by atoms with van der Waals surface area (Å²) < 4.78 is 25.8. The van der Waals surface area contributed by atoms with Crippen LogP contribution in [0.15, 0.2) is 24.3 Å². The number of hydrogen-bond donors (Lipinski definition) is 1. The summed E-state index contributed by atoms with van der Waals surface area (Å²) in [5.74, 6) is -2.94. The topological polar surface area (TPSA) is 49.8 Å². The van der Waals surface area contributed by atoms with E-state index in [2.05, 4.69) is 0 Å². The Morgan fingerprint density at radius 3 is 2.57 bits per heavy atom. The lowest BCUT2D eigenvalue weighted by Gasteiger charge is -2.14. The van der Waals surface area contributed by atoms with Crippen LogP contribution < -0.4 is 5.73 Å². The van der Waals surface area contributed by atoms with Gasteiger partial charge in [0.1, 0.15) is 0 Å². The summed E-state index contributed by atoms with van der Waals surface area (Å²) in [6.45, 7) is -0.702. The quantitative estimate of drug-likeness (QED) is 0.799. The minimum atomic E-state index is -2.94. The van der Waals surface area contributed by atoms with Crippen LogP contribution in [-0.2, 0) is 6.42 Å². The van der Waals surface area contributed by atoms with Crippen molar-refractivity contribution < 1.29 is 8.78 Å². The number of halogens is 2. The Bertz CT molecular complexity index is 355. The first-order valence-corrected chi connectivity index (χ1v) is 4.15. The van der Waals surface area contributed by atoms with Gasteiger partial charge in [-0.2, -0.15) is 5.26 Å². The van der Waals surface area contributed by atoms with Crippen LogP contribution in [0.5, 0.6) is 0 Å². The van der Waals surface area contributed by atoms with E-state index in [4.69, 9.17) is 11.0 Å². The molecule has 0 unspecified atom stereocenters. The number of benzene rings is 1. The van der Waals surface area contributed by atoms with Crippen LogP contribution in [-0.4, -0.2) is 12.5 Å². The fraction of sp³-hybridized carbons (Fsp3) is 0.300. The number of nitrogens with zero attached hydrogens (tertiary/aromatic N) is 1. The summed E-state index contributed by atoms with van der Waals surface area (Å²) in [4.78, 5) is 0. The van der Waals surface area contributed by atoms with Gasteiger partial charge >= 0.3 is 0 Å². The maximum Gasteiger partial charge on any atom is 0.264 e. The smallest absolute Gasteiger partial charge is 0.264 e. The van der Waals surface area contributed by atoms with E-state index >= 15 is 0 Å². The molecular formula is C10H10F2N2. The van der Waals surface area contributed by atoms with Crippen LogP contribution in [0.3, 0.4) is 0 Å². The standard InChI is InChI=1S/C10H10F2N2/c11-10(12,7-14)5-8-3-1-2-4-9(8)6-13/h1-4H,5,7,14H2. The molecule has 0 aromatic heterocycles. The molecular weight excluding hydrogens is 186 g/mol. The predicted octanol–water partition coefficient (Wildman–Crippen LogP) is 1.69. The molecule has 0 spiro atoms. The first-order valence-electron chi connectivity index (χ1n) is 4.15. The Hall–Kier alpha value is -1.47. The van der Waals surface area contributed by atoms with E-state index in [9.17, 15) is 8.78 Å². The Morgan fingerprint density at radius 1 is 1.36 bits per heavy atom. The van der Waals surface area contributed by atoms with E-state index < -0.39 is 18.9 Å². The molecule has 1 rings (SSSR count). The van der Waals surface area contributed by atoms with Crippen LogP contribution in [0.4, 0.5) is 8.78 Å². The highest BCUT2D eigenvalue weighted by atomic mass is 19.3. The largest absolute Gasteiger partial charge is 0.325 e. The summed E-state index contributed by atoms with van der Waals surface area (Å²) in [6, 6.07) is 8.17. The summed E-state index contributed by atoms with van der Waals surface area (Å²) in [5, 5.41) is 8.66. The average Bonchev–Trinajstić information content (AvgIpc) is 2.18. The van der Waals surface area contributed by atoms with Crippen molar-refractivity contribution in [3.8, 4) is 6.07 Å². The molecule has 0 aliphatic heterocycles. The second kappa shape index (κ2) is 4.16. The Labute approximate surface area is 81.0 Å². The molecule has 0 saturated heterocycles. The van der Waals surface area contributed by atoms with Crippen LogP contribution in [0, 0.1) is 11.3 Å². The lowest BCUT2D eigenvalue weighted by atomic mass is 10.0. The molecule has 0 heterocycles. The van der Waals surface area contributed by atoms with Crippen molar-refractivity contribution in [1.29, 1.82) is 5.26 Å². The van der Waals surface area contributed by atoms with E-state index in [1.807, 2.05) is 6.07 Å². The van der Waals surface area contributed by atoms with Crippen molar-refractivity contribution in [1.82, 2.24) is 0 Å². The Kier molecular flexibility index (Phi) is 3.15. The maximum atomic E-state index is 12.9. The molecule has 1 aromatic carbocycles. The number of nitrogens with two attached hydrogens (primary N) is 1. The Morgan fingerprint density at radius 2 is 2.00 bits per heavy atom. The highest BCUT2D eigenvalue weighted by Gasteiger charge is 2.27. The molecule has 0 atom stereocenters. The fourth-order valence-corrected chi connectivity index (χ4v) is 1.13. The van der Waals surface area contributed by atoms with Crippen molar-refractivity contribution in [3.63, 3.8) is 0 Å². The fourth-order valence-electron chi connectivity index (χ4n) is 1.13. The molecule has 4 heteroatoms. The highest BCUT2D eigenvalue weighted by molar-refractivity contribution is 5.37. The first-order chi connectivity index (χ1) is 6.59. The molecule has 0 aliphatic rings. The summed E-state index contributed by atoms with van der Waals surface area (Å²) >= 11 is 0. The van der Waals surface area contributed by atoms with Gasteiger partial charge in [-0.15, -0.1) is 0 Å². The summed E-state index contributed by atoms with van der Waals surface area (Å²) in [7, 11) is 0. The zero-order chi connectivity index (χ0) is 10.6. The zero-order valence-corrected chi connectivity index (χ0v) is 7.50. The molecule has 0 amide bonds. The molecule has 2 N–H and O–H groups in total. The van der Waals surface area contributed by atoms with Crippen LogP contribution in [0.2, 0.25) is 0 Å². The third kappa shape index (κ3) is 2.51. The zero-order valence-electron chi connectivity index (χ0n) is 7.50. The summed E-state index contributed by atoms with van der Waals surface area (Å²) in [5.41, 5.74) is 5.53. The van der Waals surface area contributed by atoms with Gasteiger partial charge in [-0.25, -0.2) is 8.78 Å². The highest BCUT2D eigenvalue weighted by Crippen LogP contribution is 2.20. The van der Waals surface area contributed by atoms with E-state index in [0.29, 0.717) is 5.56 Å². The van der Waals surface area contributed by atoms with Gasteiger partial charge in [-0.3, -0.25) is 0 Å². The average molecular weight is 196 g/mol. The van der Waals surface area contributed by atoms with Crippen molar-refractivity contribution >= 4 is 0 Å². The van der Waals surface area contributed by atoms with E-state index in [1.165, 1.54) is 12.1 Å². The van der Waals surface area contributed by atoms with Crippen molar-refractivity contribution in [3.05, 3.63) is 35.4 Å². The van der Waals surface area contributed by atoms with Crippen molar-refractivity contribution in [2.45, 2.75) is 12.3 Å². The van der Waals surface area contributed by atoms with Gasteiger partial charge in [0.05, 0.1) is 18.2 Å². The minimum absolute atomic E-state index is 0.278. The second-order valence-electron chi connectivity index (χ2n) is 3.01. The normalized spacial score (nSPS) is 11.0. The lowest BCUT2D eigenvalue weighted by molar-refractivity contribution is 0.0114. The minimum Gasteiger partial charge on any atom is -0.325 e. The molecule has 0 fully saturated rings. The van der Waals surface area contributed by atoms with Crippen molar-refractivity contribution in [2.75, 3.05) is 6.54 Å². The molecule has 0 saturated carbocycles. The first kappa shape index (κ1) is 10.6. The number of alkyl halides is 2. The van der Waals surface area contributed by atoms with Gasteiger partial charge in [0.25, 0.3) is 5.92 Å². The van der Waals surface area contributed by atoms with Crippen LogP contribution in [0.1, 0.15) is 11.1 Å². The van der Waals surface area contributed by atoms with Gasteiger partial charge in [-0.1, -0.05) is 18.2 Å². The van der Waals surface area contributed by atoms with Gasteiger partial charge in [-0.05, 0) is 11.6 Å². The van der Waals surface area contributed by atoms with Gasteiger partial charge < -0.3 is 5.73 Å². The van der Waals surface area contributed by atoms with Crippen LogP contribution >= 0.6 is 0 Å². The van der Waals surface area contributed by atoms with Gasteiger partial charge in [0.2, 0.25) is 0 Å². The van der Waals surface area contributed by atoms with E-state index in [-0.39, 0.29) is 5.56 Å². The third-order valence-electron chi connectivity index (χ3n) is 1.89. The monoisotopic (exact) mass is 196 g/mol. The van der Waals surface area contributed by atoms with Gasteiger partial charge in [0.15, 0.2) is 0 Å². The van der Waals surface area contributed by atoms with E-state index in [0.717, 1.165) is 0 Å². The SMILES string of the molecule is N#Cc1ccccc1CC(F)(F)CN. The molecule has 74 valence electrons. The molecule has 2 nitrogen and oxygen atoms in total. The van der Waals surface area contributed by atoms with Crippen LogP contribution in [0.25, 0.3) is 0 Å². The second-order valence-corrected chi connectivity index (χ2v) is 3.01. The molecule has 0 radical (unpaired) electrons. The van der Waals surface area contributed by atoms with E-state index in [1.54, 1.807) is 12.1 Å².